The summed E-state index contributed by atoms with van der Waals surface area (Å²) in [5.74, 6) is 0.436. The molecule has 6 heteroatoms. The molecular formula is C22H20N4O2. The fourth-order valence-corrected chi connectivity index (χ4v) is 4.03. The Morgan fingerprint density at radius 1 is 1.07 bits per heavy atom. The van der Waals surface area contributed by atoms with E-state index in [4.69, 9.17) is 0 Å². The fourth-order valence-electron chi connectivity index (χ4n) is 4.03. The van der Waals surface area contributed by atoms with Gasteiger partial charge in [0.15, 0.2) is 0 Å². The molecule has 3 N–H and O–H groups in total. The number of rotatable bonds is 3. The van der Waals surface area contributed by atoms with Gasteiger partial charge in [0, 0.05) is 30.6 Å². The summed E-state index contributed by atoms with van der Waals surface area (Å²) < 4.78 is 0. The number of fused-ring (bicyclic) bond motifs is 2. The van der Waals surface area contributed by atoms with E-state index in [1.54, 1.807) is 24.5 Å². The first-order valence-electron chi connectivity index (χ1n) is 9.32. The maximum atomic E-state index is 10.1. The van der Waals surface area contributed by atoms with E-state index in [0.717, 1.165) is 41.0 Å². The second-order valence-corrected chi connectivity index (χ2v) is 7.14. The lowest BCUT2D eigenvalue weighted by Crippen LogP contribution is -2.36. The molecule has 0 spiro atoms. The Labute approximate surface area is 162 Å². The number of hydrogen-bond acceptors (Lipinski definition) is 5. The average Bonchev–Trinajstić information content (AvgIpc) is 3.17. The molecule has 1 aliphatic rings. The number of hydrogen-bond donors (Lipinski definition) is 3. The molecule has 140 valence electrons. The number of H-pyrrole nitrogens is 1. The highest BCUT2D eigenvalue weighted by Gasteiger charge is 2.31. The van der Waals surface area contributed by atoms with E-state index >= 15 is 0 Å². The van der Waals surface area contributed by atoms with Crippen LogP contribution in [0.2, 0.25) is 0 Å². The Morgan fingerprint density at radius 3 is 2.86 bits per heavy atom. The highest BCUT2D eigenvalue weighted by Crippen LogP contribution is 2.35. The Morgan fingerprint density at radius 2 is 1.96 bits per heavy atom. The number of phenols is 2. The third kappa shape index (κ3) is 2.88. The van der Waals surface area contributed by atoms with Crippen molar-refractivity contribution in [3.63, 3.8) is 0 Å². The van der Waals surface area contributed by atoms with E-state index in [1.807, 2.05) is 36.4 Å². The highest BCUT2D eigenvalue weighted by molar-refractivity contribution is 5.84. The Hall–Kier alpha value is -3.38. The predicted molar refractivity (Wildman–Crippen MR) is 106 cm³/mol. The van der Waals surface area contributed by atoms with Gasteiger partial charge in [-0.25, -0.2) is 9.97 Å². The monoisotopic (exact) mass is 372 g/mol. The molecule has 28 heavy (non-hydrogen) atoms. The maximum Gasteiger partial charge on any atom is 0.141 e. The van der Waals surface area contributed by atoms with Gasteiger partial charge in [0.2, 0.25) is 0 Å². The van der Waals surface area contributed by atoms with Crippen molar-refractivity contribution in [2.45, 2.75) is 19.0 Å². The first-order valence-corrected chi connectivity index (χ1v) is 9.32. The normalized spacial score (nSPS) is 16.9. The summed E-state index contributed by atoms with van der Waals surface area (Å²) in [5.41, 5.74) is 4.62. The van der Waals surface area contributed by atoms with Gasteiger partial charge < -0.3 is 15.2 Å². The zero-order valence-electron chi connectivity index (χ0n) is 15.2. The lowest BCUT2D eigenvalue weighted by atomic mass is 9.95. The predicted octanol–water partition coefficient (Wildman–Crippen LogP) is 3.52. The molecule has 0 saturated heterocycles. The first-order chi connectivity index (χ1) is 13.7. The number of aromatic amines is 1. The third-order valence-electron chi connectivity index (χ3n) is 5.33. The summed E-state index contributed by atoms with van der Waals surface area (Å²) in [6.45, 7) is 1.47. The van der Waals surface area contributed by atoms with Crippen LogP contribution in [0.5, 0.6) is 11.5 Å². The molecule has 0 bridgehead atoms. The van der Waals surface area contributed by atoms with E-state index in [0.29, 0.717) is 12.1 Å². The largest absolute Gasteiger partial charge is 0.508 e. The molecule has 3 heterocycles. The van der Waals surface area contributed by atoms with Gasteiger partial charge in [0.05, 0.1) is 23.8 Å². The number of nitrogens with zero attached hydrogens (tertiary/aromatic N) is 3. The Kier molecular flexibility index (Phi) is 3.98. The van der Waals surface area contributed by atoms with E-state index in [1.165, 1.54) is 0 Å². The van der Waals surface area contributed by atoms with Crippen molar-refractivity contribution in [1.29, 1.82) is 0 Å². The molecule has 0 amide bonds. The minimum Gasteiger partial charge on any atom is -0.508 e. The van der Waals surface area contributed by atoms with Gasteiger partial charge >= 0.3 is 0 Å². The third-order valence-corrected chi connectivity index (χ3v) is 5.33. The number of aromatic nitrogens is 3. The molecular weight excluding hydrogens is 352 g/mol. The quantitative estimate of drug-likeness (QED) is 0.512. The number of phenolic OH excluding ortho intramolecular Hbond substituents is 2. The second kappa shape index (κ2) is 6.65. The number of aromatic hydroxyl groups is 2. The van der Waals surface area contributed by atoms with Crippen molar-refractivity contribution < 1.29 is 10.2 Å². The van der Waals surface area contributed by atoms with Crippen LogP contribution < -0.4 is 0 Å². The van der Waals surface area contributed by atoms with Crippen LogP contribution in [-0.2, 0) is 13.0 Å². The summed E-state index contributed by atoms with van der Waals surface area (Å²) in [6, 6.07) is 16.7. The van der Waals surface area contributed by atoms with Gasteiger partial charge in [-0.2, -0.15) is 0 Å². The van der Waals surface area contributed by atoms with Crippen LogP contribution in [-0.4, -0.2) is 36.6 Å². The van der Waals surface area contributed by atoms with Crippen molar-refractivity contribution in [1.82, 2.24) is 19.9 Å². The van der Waals surface area contributed by atoms with Gasteiger partial charge in [0.1, 0.15) is 17.0 Å². The molecule has 2 aromatic carbocycles. The van der Waals surface area contributed by atoms with Gasteiger partial charge in [-0.1, -0.05) is 30.3 Å². The van der Waals surface area contributed by atoms with Crippen molar-refractivity contribution in [2.75, 3.05) is 6.54 Å². The Balaban J connectivity index is 1.54. The van der Waals surface area contributed by atoms with Crippen molar-refractivity contribution in [2.24, 2.45) is 0 Å². The van der Waals surface area contributed by atoms with Crippen LogP contribution in [0, 0.1) is 0 Å². The molecule has 1 aliphatic heterocycles. The van der Waals surface area contributed by atoms with Crippen LogP contribution in [0.25, 0.3) is 10.9 Å². The summed E-state index contributed by atoms with van der Waals surface area (Å²) in [6.07, 6.45) is 2.61. The van der Waals surface area contributed by atoms with Crippen LogP contribution >= 0.6 is 0 Å². The topological polar surface area (TPSA) is 85.3 Å². The molecule has 1 unspecified atom stereocenters. The second-order valence-electron chi connectivity index (χ2n) is 7.14. The fraction of sp³-hybridized carbons (Fsp3) is 0.182. The van der Waals surface area contributed by atoms with Crippen LogP contribution in [0.3, 0.4) is 0 Å². The number of imidazole rings is 1. The molecule has 5 rings (SSSR count). The minimum atomic E-state index is -0.0658. The zero-order valence-corrected chi connectivity index (χ0v) is 15.2. The van der Waals surface area contributed by atoms with Gasteiger partial charge in [-0.3, -0.25) is 4.90 Å². The van der Waals surface area contributed by atoms with E-state index < -0.39 is 0 Å². The summed E-state index contributed by atoms with van der Waals surface area (Å²) in [4.78, 5) is 14.8. The van der Waals surface area contributed by atoms with Crippen molar-refractivity contribution in [3.8, 4) is 11.5 Å². The standard InChI is InChI=1S/C22H20N4O2/c27-17-5-1-4-15(11-17)22-21-18(23-13-24-21)9-10-26(22)12-16-8-7-14-3-2-6-19(28)20(14)25-16/h1-8,11,13,22,27-28H,9-10,12H2,(H,23,24). The van der Waals surface area contributed by atoms with Gasteiger partial charge in [-0.05, 0) is 29.8 Å². The van der Waals surface area contributed by atoms with Crippen LogP contribution in [0.15, 0.2) is 60.9 Å². The SMILES string of the molecule is Oc1cccc(C2c3nc[nH]c3CCN2Cc2ccc3cccc(O)c3n2)c1. The van der Waals surface area contributed by atoms with E-state index in [9.17, 15) is 10.2 Å². The summed E-state index contributed by atoms with van der Waals surface area (Å²) >= 11 is 0. The van der Waals surface area contributed by atoms with Gasteiger partial charge in [0.25, 0.3) is 0 Å². The lowest BCUT2D eigenvalue weighted by Gasteiger charge is -2.35. The molecule has 0 aliphatic carbocycles. The van der Waals surface area contributed by atoms with E-state index in [2.05, 4.69) is 19.9 Å². The Bertz CT molecular complexity index is 1150. The summed E-state index contributed by atoms with van der Waals surface area (Å²) in [7, 11) is 0. The van der Waals surface area contributed by atoms with E-state index in [-0.39, 0.29) is 17.5 Å². The summed E-state index contributed by atoms with van der Waals surface area (Å²) in [5, 5.41) is 21.0. The van der Waals surface area contributed by atoms with Crippen molar-refractivity contribution in [3.05, 3.63) is 83.6 Å². The number of pyridine rings is 1. The molecule has 0 saturated carbocycles. The molecule has 2 aromatic heterocycles. The number of nitrogens with one attached hydrogen (secondary N) is 1. The number of para-hydroxylation sites is 1. The maximum absolute atomic E-state index is 10.1. The molecule has 0 fully saturated rings. The van der Waals surface area contributed by atoms with Crippen LogP contribution in [0.4, 0.5) is 0 Å². The van der Waals surface area contributed by atoms with Crippen LogP contribution in [0.1, 0.15) is 28.7 Å². The lowest BCUT2D eigenvalue weighted by molar-refractivity contribution is 0.198. The molecule has 4 aromatic rings. The highest BCUT2D eigenvalue weighted by atomic mass is 16.3. The number of benzene rings is 2. The average molecular weight is 372 g/mol. The first kappa shape index (κ1) is 16.8. The van der Waals surface area contributed by atoms with Gasteiger partial charge in [-0.15, -0.1) is 0 Å². The zero-order chi connectivity index (χ0) is 19.1. The molecule has 0 radical (unpaired) electrons. The molecule has 1 atom stereocenters. The van der Waals surface area contributed by atoms with Crippen molar-refractivity contribution >= 4 is 10.9 Å². The smallest absolute Gasteiger partial charge is 0.141 e. The molecule has 6 nitrogen and oxygen atoms in total. The minimum absolute atomic E-state index is 0.0658.